The first-order valence-electron chi connectivity index (χ1n) is 9.82. The zero-order valence-electron chi connectivity index (χ0n) is 16.8. The molecule has 1 aliphatic heterocycles. The highest BCUT2D eigenvalue weighted by Gasteiger charge is 2.20. The minimum Gasteiger partial charge on any atom is -0.368 e. The Hall–Kier alpha value is -3.66. The summed E-state index contributed by atoms with van der Waals surface area (Å²) in [5, 5.41) is 19.7. The second-order valence-corrected chi connectivity index (χ2v) is 7.29. The van der Waals surface area contributed by atoms with Crippen LogP contribution in [0.4, 0.5) is 11.6 Å². The molecule has 4 aromatic rings. The fourth-order valence-electron chi connectivity index (χ4n) is 3.84. The number of hydrogen-bond donors (Lipinski definition) is 2. The van der Waals surface area contributed by atoms with Gasteiger partial charge in [-0.15, -0.1) is 10.2 Å². The Bertz CT molecular complexity index is 1260. The first-order valence-corrected chi connectivity index (χ1v) is 9.82. The Kier molecular flexibility index (Phi) is 4.47. The van der Waals surface area contributed by atoms with Crippen LogP contribution in [0.1, 0.15) is 21.7 Å². The van der Waals surface area contributed by atoms with E-state index < -0.39 is 0 Å². The van der Waals surface area contributed by atoms with Gasteiger partial charge in [0.2, 0.25) is 5.95 Å². The Balaban J connectivity index is 1.50. The summed E-state index contributed by atoms with van der Waals surface area (Å²) in [6.45, 7) is 7.41. The minimum atomic E-state index is -0.328. The number of piperazine rings is 1. The van der Waals surface area contributed by atoms with Crippen LogP contribution in [-0.4, -0.2) is 61.9 Å². The van der Waals surface area contributed by atoms with Crippen LogP contribution in [0.5, 0.6) is 0 Å². The number of anilines is 2. The number of carbonyl (C=O) groups excluding carboxylic acids is 1. The monoisotopic (exact) mass is 403 g/mol. The van der Waals surface area contributed by atoms with E-state index in [4.69, 9.17) is 0 Å². The highest BCUT2D eigenvalue weighted by atomic mass is 16.1. The Labute approximate surface area is 172 Å². The Morgan fingerprint density at radius 2 is 1.97 bits per heavy atom. The number of carbonyl (C=O) groups is 1. The van der Waals surface area contributed by atoms with E-state index in [-0.39, 0.29) is 11.9 Å². The van der Waals surface area contributed by atoms with E-state index >= 15 is 0 Å². The highest BCUT2D eigenvalue weighted by molar-refractivity contribution is 6.13. The average molecular weight is 403 g/mol. The SMILES string of the molecule is Cc1cn2nc(NC(=O)c3ccc(N4CCNCC4)c4ccnnc34)nc2c(C)n1. The number of hydrogen-bond acceptors (Lipinski definition) is 8. The number of aryl methyl sites for hydroxylation is 2. The lowest BCUT2D eigenvalue weighted by molar-refractivity contribution is 0.102. The fourth-order valence-corrected chi connectivity index (χ4v) is 3.84. The van der Waals surface area contributed by atoms with Crippen LogP contribution in [0.15, 0.2) is 30.6 Å². The van der Waals surface area contributed by atoms with Crippen LogP contribution >= 0.6 is 0 Å². The maximum Gasteiger partial charge on any atom is 0.260 e. The number of benzene rings is 1. The second kappa shape index (κ2) is 7.30. The van der Waals surface area contributed by atoms with Gasteiger partial charge in [-0.1, -0.05) is 0 Å². The molecule has 5 rings (SSSR count). The number of amides is 1. The first-order chi connectivity index (χ1) is 14.6. The normalized spacial score (nSPS) is 14.4. The molecule has 2 N–H and O–H groups in total. The van der Waals surface area contributed by atoms with Gasteiger partial charge in [-0.25, -0.2) is 4.52 Å². The zero-order valence-corrected chi connectivity index (χ0v) is 16.8. The maximum atomic E-state index is 13.0. The zero-order chi connectivity index (χ0) is 20.7. The van der Waals surface area contributed by atoms with Gasteiger partial charge in [0.25, 0.3) is 5.91 Å². The van der Waals surface area contributed by atoms with Crippen molar-refractivity contribution in [3.8, 4) is 0 Å². The lowest BCUT2D eigenvalue weighted by Gasteiger charge is -2.30. The van der Waals surface area contributed by atoms with E-state index in [1.807, 2.05) is 26.0 Å². The van der Waals surface area contributed by atoms with Crippen LogP contribution in [-0.2, 0) is 0 Å². The fraction of sp³-hybridized carbons (Fsp3) is 0.300. The molecule has 30 heavy (non-hydrogen) atoms. The van der Waals surface area contributed by atoms with Crippen molar-refractivity contribution in [2.45, 2.75) is 13.8 Å². The van der Waals surface area contributed by atoms with Crippen LogP contribution in [0.25, 0.3) is 16.6 Å². The van der Waals surface area contributed by atoms with Gasteiger partial charge in [0.1, 0.15) is 5.52 Å². The van der Waals surface area contributed by atoms with Crippen molar-refractivity contribution in [3.63, 3.8) is 0 Å². The average Bonchev–Trinajstić information content (AvgIpc) is 3.16. The van der Waals surface area contributed by atoms with Crippen molar-refractivity contribution in [2.24, 2.45) is 0 Å². The molecule has 152 valence electrons. The summed E-state index contributed by atoms with van der Waals surface area (Å²) < 4.78 is 1.62. The third-order valence-corrected chi connectivity index (χ3v) is 5.20. The quantitative estimate of drug-likeness (QED) is 0.527. The van der Waals surface area contributed by atoms with Crippen molar-refractivity contribution in [3.05, 3.63) is 47.5 Å². The Morgan fingerprint density at radius 3 is 2.80 bits per heavy atom. The molecule has 1 saturated heterocycles. The highest BCUT2D eigenvalue weighted by Crippen LogP contribution is 2.28. The van der Waals surface area contributed by atoms with E-state index in [2.05, 4.69) is 40.8 Å². The van der Waals surface area contributed by atoms with E-state index in [0.717, 1.165) is 48.6 Å². The third kappa shape index (κ3) is 3.20. The number of nitrogens with one attached hydrogen (secondary N) is 2. The molecule has 0 spiro atoms. The van der Waals surface area contributed by atoms with Crippen LogP contribution in [0.3, 0.4) is 0 Å². The van der Waals surface area contributed by atoms with Gasteiger partial charge in [0, 0.05) is 37.3 Å². The maximum absolute atomic E-state index is 13.0. The second-order valence-electron chi connectivity index (χ2n) is 7.29. The minimum absolute atomic E-state index is 0.221. The largest absolute Gasteiger partial charge is 0.368 e. The van der Waals surface area contributed by atoms with Crippen molar-refractivity contribution < 1.29 is 4.79 Å². The molecule has 0 unspecified atom stereocenters. The van der Waals surface area contributed by atoms with E-state index in [1.54, 1.807) is 23.0 Å². The predicted molar refractivity (Wildman–Crippen MR) is 113 cm³/mol. The van der Waals surface area contributed by atoms with Gasteiger partial charge >= 0.3 is 0 Å². The summed E-state index contributed by atoms with van der Waals surface area (Å²) in [6, 6.07) is 5.66. The molecule has 0 saturated carbocycles. The lowest BCUT2D eigenvalue weighted by Crippen LogP contribution is -2.43. The molecular formula is C20H21N9O. The van der Waals surface area contributed by atoms with Gasteiger partial charge in [-0.3, -0.25) is 15.1 Å². The van der Waals surface area contributed by atoms with E-state index in [0.29, 0.717) is 16.7 Å². The molecule has 0 atom stereocenters. The molecule has 1 aromatic carbocycles. The number of nitrogens with zero attached hydrogens (tertiary/aromatic N) is 7. The third-order valence-electron chi connectivity index (χ3n) is 5.20. The van der Waals surface area contributed by atoms with Crippen molar-refractivity contribution >= 4 is 34.1 Å². The number of fused-ring (bicyclic) bond motifs is 2. The van der Waals surface area contributed by atoms with E-state index in [1.165, 1.54) is 0 Å². The lowest BCUT2D eigenvalue weighted by atomic mass is 10.1. The topological polar surface area (TPSA) is 113 Å². The molecule has 0 radical (unpaired) electrons. The molecule has 1 fully saturated rings. The van der Waals surface area contributed by atoms with Crippen LogP contribution in [0, 0.1) is 13.8 Å². The molecule has 1 amide bonds. The molecule has 1 aliphatic rings. The number of aromatic nitrogens is 6. The standard InChI is InChI=1S/C20H21N9O/c1-12-11-29-18(13(2)23-12)24-20(27-29)25-19(30)15-3-4-16(28-9-7-21-8-10-28)14-5-6-22-26-17(14)15/h3-6,11,21H,7-10H2,1-2H3,(H,25,27,30). The number of rotatable bonds is 3. The van der Waals surface area contributed by atoms with Gasteiger partial charge < -0.3 is 10.2 Å². The predicted octanol–water partition coefficient (Wildman–Crippen LogP) is 1.35. The smallest absolute Gasteiger partial charge is 0.260 e. The summed E-state index contributed by atoms with van der Waals surface area (Å²) in [7, 11) is 0. The summed E-state index contributed by atoms with van der Waals surface area (Å²) >= 11 is 0. The molecule has 3 aromatic heterocycles. The van der Waals surface area contributed by atoms with Crippen molar-refractivity contribution in [1.82, 2.24) is 35.1 Å². The van der Waals surface area contributed by atoms with Gasteiger partial charge in [-0.05, 0) is 32.0 Å². The van der Waals surface area contributed by atoms with Crippen molar-refractivity contribution in [2.75, 3.05) is 36.4 Å². The van der Waals surface area contributed by atoms with Crippen LogP contribution < -0.4 is 15.5 Å². The molecule has 0 bridgehead atoms. The van der Waals surface area contributed by atoms with Gasteiger partial charge in [0.15, 0.2) is 5.65 Å². The summed E-state index contributed by atoms with van der Waals surface area (Å²) in [6.07, 6.45) is 3.42. The van der Waals surface area contributed by atoms with Crippen molar-refractivity contribution in [1.29, 1.82) is 0 Å². The van der Waals surface area contributed by atoms with Crippen LogP contribution in [0.2, 0.25) is 0 Å². The Morgan fingerprint density at radius 1 is 1.13 bits per heavy atom. The summed E-state index contributed by atoms with van der Waals surface area (Å²) in [5.41, 5.74) is 4.23. The summed E-state index contributed by atoms with van der Waals surface area (Å²) in [5.74, 6) is -0.107. The van der Waals surface area contributed by atoms with Gasteiger partial charge in [0.05, 0.1) is 29.3 Å². The first kappa shape index (κ1) is 18.4. The molecule has 4 heterocycles. The molecule has 10 nitrogen and oxygen atoms in total. The van der Waals surface area contributed by atoms with E-state index in [9.17, 15) is 4.79 Å². The molecule has 0 aliphatic carbocycles. The molecule has 10 heteroatoms. The molecular weight excluding hydrogens is 382 g/mol. The summed E-state index contributed by atoms with van der Waals surface area (Å²) in [4.78, 5) is 24.1. The van der Waals surface area contributed by atoms with Gasteiger partial charge in [-0.2, -0.15) is 10.1 Å².